The highest BCUT2D eigenvalue weighted by Crippen LogP contribution is 2.31. The van der Waals surface area contributed by atoms with Crippen molar-refractivity contribution in [2.24, 2.45) is 0 Å². The van der Waals surface area contributed by atoms with Crippen LogP contribution in [-0.4, -0.2) is 66.0 Å². The first-order valence-corrected chi connectivity index (χ1v) is 11.7. The zero-order valence-corrected chi connectivity index (χ0v) is 20.4. The molecule has 2 aromatic rings. The van der Waals surface area contributed by atoms with Crippen LogP contribution in [0.1, 0.15) is 19.3 Å². The molecular weight excluding hydrogens is 511 g/mol. The number of carboxylic acid groups (broad SMARTS) is 1. The lowest BCUT2D eigenvalue weighted by Crippen LogP contribution is -2.45. The van der Waals surface area contributed by atoms with E-state index >= 15 is 0 Å². The molecule has 0 radical (unpaired) electrons. The summed E-state index contributed by atoms with van der Waals surface area (Å²) >= 11 is 5.88. The number of carbonyl (C=O) groups excluding carboxylic acids is 3. The SMILES string of the molecule is COC1CC(C(=O)Nc2ccc(N3C(=O)CCC3OC(=O)O)cc2F)N(C(=O)Nc2ccc(Cl)cc2)C1. The average Bonchev–Trinajstić information content (AvgIpc) is 3.45. The second kappa shape index (κ2) is 11.0. The second-order valence-electron chi connectivity index (χ2n) is 8.49. The fraction of sp³-hybridized carbons (Fsp3) is 0.333. The summed E-state index contributed by atoms with van der Waals surface area (Å²) in [6.07, 6.45) is -2.62. The highest BCUT2D eigenvalue weighted by atomic mass is 35.5. The molecule has 0 bridgehead atoms. The van der Waals surface area contributed by atoms with Gasteiger partial charge >= 0.3 is 12.2 Å². The maximum atomic E-state index is 14.9. The fourth-order valence-corrected chi connectivity index (χ4v) is 4.46. The van der Waals surface area contributed by atoms with Gasteiger partial charge in [0.25, 0.3) is 0 Å². The van der Waals surface area contributed by atoms with Gasteiger partial charge < -0.3 is 30.1 Å². The van der Waals surface area contributed by atoms with Gasteiger partial charge in [-0.15, -0.1) is 0 Å². The average molecular weight is 535 g/mol. The van der Waals surface area contributed by atoms with Gasteiger partial charge in [0, 0.05) is 43.6 Å². The summed E-state index contributed by atoms with van der Waals surface area (Å²) in [5.41, 5.74) is 0.404. The molecule has 13 heteroatoms. The molecule has 2 aliphatic rings. The number of ether oxygens (including phenoxy) is 2. The molecule has 0 aliphatic carbocycles. The van der Waals surface area contributed by atoms with Gasteiger partial charge in [-0.1, -0.05) is 11.6 Å². The summed E-state index contributed by atoms with van der Waals surface area (Å²) in [5.74, 6) is -1.89. The van der Waals surface area contributed by atoms with E-state index in [2.05, 4.69) is 10.6 Å². The van der Waals surface area contributed by atoms with Crippen LogP contribution in [0.4, 0.5) is 31.0 Å². The van der Waals surface area contributed by atoms with Crippen molar-refractivity contribution in [3.05, 3.63) is 53.3 Å². The minimum Gasteiger partial charge on any atom is -0.450 e. The molecule has 2 fully saturated rings. The van der Waals surface area contributed by atoms with Crippen LogP contribution in [0.3, 0.4) is 0 Å². The van der Waals surface area contributed by atoms with Crippen LogP contribution in [0, 0.1) is 5.82 Å². The summed E-state index contributed by atoms with van der Waals surface area (Å²) in [5, 5.41) is 14.6. The molecule has 4 amide bonds. The number of benzene rings is 2. The second-order valence-corrected chi connectivity index (χ2v) is 8.93. The van der Waals surface area contributed by atoms with E-state index in [-0.39, 0.29) is 37.2 Å². The first kappa shape index (κ1) is 26.2. The number of halogens is 2. The number of methoxy groups -OCH3 is 1. The first-order valence-electron chi connectivity index (χ1n) is 11.3. The van der Waals surface area contributed by atoms with E-state index in [0.717, 1.165) is 11.0 Å². The third-order valence-corrected chi connectivity index (χ3v) is 6.39. The van der Waals surface area contributed by atoms with E-state index < -0.39 is 48.2 Å². The summed E-state index contributed by atoms with van der Waals surface area (Å²) in [7, 11) is 1.47. The molecule has 2 heterocycles. The number of nitrogens with one attached hydrogen (secondary N) is 2. The zero-order valence-electron chi connectivity index (χ0n) is 19.6. The van der Waals surface area contributed by atoms with E-state index in [4.69, 9.17) is 26.2 Å². The molecule has 2 aliphatic heterocycles. The lowest BCUT2D eigenvalue weighted by molar-refractivity contribution is -0.120. The van der Waals surface area contributed by atoms with Gasteiger partial charge in [0.1, 0.15) is 11.9 Å². The summed E-state index contributed by atoms with van der Waals surface area (Å²) in [6.45, 7) is 0.150. The van der Waals surface area contributed by atoms with Crippen molar-refractivity contribution in [3.63, 3.8) is 0 Å². The standard InChI is InChI=1S/C24H24ClFN4O7/c1-36-16-11-19(29(12-16)23(33)27-14-4-2-13(25)3-5-14)22(32)28-18-7-6-15(10-17(18)26)30-20(31)8-9-21(30)37-24(34)35/h2-7,10,16,19,21H,8-9,11-12H2,1H3,(H,27,33)(H,28,32)(H,34,35). The third kappa shape index (κ3) is 5.92. The Morgan fingerprint density at radius 3 is 2.51 bits per heavy atom. The van der Waals surface area contributed by atoms with Gasteiger partial charge in [-0.25, -0.2) is 14.0 Å². The van der Waals surface area contributed by atoms with Crippen molar-refractivity contribution in [1.29, 1.82) is 0 Å². The third-order valence-electron chi connectivity index (χ3n) is 6.14. The number of anilines is 3. The monoisotopic (exact) mass is 534 g/mol. The molecule has 0 saturated carbocycles. The van der Waals surface area contributed by atoms with E-state index in [1.807, 2.05) is 0 Å². The fourth-order valence-electron chi connectivity index (χ4n) is 4.34. The van der Waals surface area contributed by atoms with E-state index in [1.165, 1.54) is 24.1 Å². The van der Waals surface area contributed by atoms with Gasteiger partial charge in [0.05, 0.1) is 17.5 Å². The van der Waals surface area contributed by atoms with Crippen molar-refractivity contribution in [1.82, 2.24) is 4.90 Å². The number of rotatable bonds is 6. The number of hydrogen-bond donors (Lipinski definition) is 3. The van der Waals surface area contributed by atoms with Gasteiger partial charge in [-0.05, 0) is 42.5 Å². The van der Waals surface area contributed by atoms with Crippen LogP contribution in [0.2, 0.25) is 5.02 Å². The normalized spacial score (nSPS) is 21.2. The predicted molar refractivity (Wildman–Crippen MR) is 131 cm³/mol. The molecule has 3 N–H and O–H groups in total. The number of amides is 4. The van der Waals surface area contributed by atoms with Gasteiger partial charge in [-0.2, -0.15) is 0 Å². The molecule has 3 atom stereocenters. The van der Waals surface area contributed by atoms with Crippen molar-refractivity contribution in [2.75, 3.05) is 29.2 Å². The van der Waals surface area contributed by atoms with Crippen LogP contribution >= 0.6 is 11.6 Å². The minimum atomic E-state index is -1.55. The number of carbonyl (C=O) groups is 4. The lowest BCUT2D eigenvalue weighted by Gasteiger charge is -2.25. The van der Waals surface area contributed by atoms with Gasteiger partial charge in [-0.3, -0.25) is 14.5 Å². The topological polar surface area (TPSA) is 138 Å². The Labute approximate surface area is 216 Å². The Morgan fingerprint density at radius 2 is 1.86 bits per heavy atom. The van der Waals surface area contributed by atoms with Crippen molar-refractivity contribution < 1.29 is 38.1 Å². The Bertz CT molecular complexity index is 1210. The Balaban J connectivity index is 1.47. The molecule has 37 heavy (non-hydrogen) atoms. The highest BCUT2D eigenvalue weighted by Gasteiger charge is 2.40. The predicted octanol–water partition coefficient (Wildman–Crippen LogP) is 3.89. The molecule has 0 spiro atoms. The van der Waals surface area contributed by atoms with Gasteiger partial charge in [0.15, 0.2) is 6.23 Å². The molecule has 3 unspecified atom stereocenters. The zero-order chi connectivity index (χ0) is 26.7. The van der Waals surface area contributed by atoms with Crippen LogP contribution in [0.15, 0.2) is 42.5 Å². The maximum Gasteiger partial charge on any atom is 0.507 e. The molecule has 2 aromatic carbocycles. The minimum absolute atomic E-state index is 0.0499. The first-order chi connectivity index (χ1) is 17.7. The molecule has 2 saturated heterocycles. The van der Waals surface area contributed by atoms with Crippen LogP contribution in [0.5, 0.6) is 0 Å². The highest BCUT2D eigenvalue weighted by molar-refractivity contribution is 6.30. The molecule has 11 nitrogen and oxygen atoms in total. The maximum absolute atomic E-state index is 14.9. The van der Waals surface area contributed by atoms with Crippen molar-refractivity contribution >= 4 is 52.7 Å². The number of hydrogen-bond acceptors (Lipinski definition) is 6. The van der Waals surface area contributed by atoms with E-state index in [0.29, 0.717) is 10.7 Å². The number of nitrogens with zero attached hydrogens (tertiary/aromatic N) is 2. The number of likely N-dealkylation sites (tertiary alicyclic amines) is 1. The molecule has 4 rings (SSSR count). The van der Waals surface area contributed by atoms with Crippen LogP contribution in [-0.2, 0) is 19.1 Å². The van der Waals surface area contributed by atoms with E-state index in [1.54, 1.807) is 24.3 Å². The van der Waals surface area contributed by atoms with E-state index in [9.17, 15) is 23.6 Å². The van der Waals surface area contributed by atoms with Crippen molar-refractivity contribution in [3.8, 4) is 0 Å². The van der Waals surface area contributed by atoms with Crippen LogP contribution in [0.25, 0.3) is 0 Å². The Hall–Kier alpha value is -3.90. The Morgan fingerprint density at radius 1 is 1.14 bits per heavy atom. The van der Waals surface area contributed by atoms with Crippen LogP contribution < -0.4 is 15.5 Å². The summed E-state index contributed by atoms with van der Waals surface area (Å²) in [4.78, 5) is 51.5. The number of urea groups is 1. The molecule has 0 aromatic heterocycles. The largest absolute Gasteiger partial charge is 0.507 e. The summed E-state index contributed by atoms with van der Waals surface area (Å²) < 4.78 is 25.0. The Kier molecular flexibility index (Phi) is 7.79. The van der Waals surface area contributed by atoms with Crippen molar-refractivity contribution in [2.45, 2.75) is 37.6 Å². The summed E-state index contributed by atoms with van der Waals surface area (Å²) in [6, 6.07) is 8.63. The molecule has 196 valence electrons. The molecular formula is C24H24ClFN4O7. The lowest BCUT2D eigenvalue weighted by atomic mass is 10.1. The quantitative estimate of drug-likeness (QED) is 0.478. The smallest absolute Gasteiger partial charge is 0.450 e. The van der Waals surface area contributed by atoms with Gasteiger partial charge in [0.2, 0.25) is 11.8 Å².